The van der Waals surface area contributed by atoms with Gasteiger partial charge in [0, 0.05) is 44.5 Å². The molecule has 20 nitrogen and oxygen atoms in total. The smallest absolute Gasteiger partial charge is 0.872 e. The number of hydrogen-bond acceptors (Lipinski definition) is 16. The van der Waals surface area contributed by atoms with Crippen LogP contribution < -0.4 is 39.4 Å². The zero-order valence-electron chi connectivity index (χ0n) is 94.1. The van der Waals surface area contributed by atoms with E-state index in [2.05, 4.69) is 0 Å². The Morgan fingerprint density at radius 1 is 0.163 bits per heavy atom. The molecule has 0 saturated carbocycles. The summed E-state index contributed by atoms with van der Waals surface area (Å²) in [7, 11) is 0. The molecule has 141 heavy (non-hydrogen) atoms. The number of esters is 4. The Morgan fingerprint density at radius 3 is 0.312 bits per heavy atom. The number of benzene rings is 8. The summed E-state index contributed by atoms with van der Waals surface area (Å²) < 4.78 is 24.4. The van der Waals surface area contributed by atoms with Crippen molar-refractivity contribution in [2.75, 3.05) is 0 Å². The van der Waals surface area contributed by atoms with Gasteiger partial charge in [0.15, 0.2) is 0 Å². The van der Waals surface area contributed by atoms with E-state index in [1.54, 1.807) is 97.1 Å². The summed E-state index contributed by atoms with van der Waals surface area (Å²) in [6.07, 6.45) is 0. The van der Waals surface area contributed by atoms with Crippen LogP contribution in [0.5, 0.6) is 46.0 Å². The van der Waals surface area contributed by atoms with Crippen LogP contribution >= 0.6 is 0 Å². The molecule has 0 saturated heterocycles. The monoisotopic (exact) mass is 1970 g/mol. The molecule has 8 aromatic carbocycles. The molecule has 0 aliphatic rings. The topological polar surface area (TPSA) is 347 Å². The number of carboxylic acid groups (broad SMARTS) is 4. The fraction of sp³-hybridized carbons (Fsp3) is 0.533. The SMILES string of the molecule is CC(C)(C)c1cc(C(=O)Oc2c(C(C)(C)C)cc(C(=O)O)cc2C(C)(C)C)cc(C(C)(C)C)c1[O-].CC(C)(C)c1cc(C(=O)Oc2c(C(C)(C)C)cc(C(=O)O)cc2C(C)(C)C)cc(C(C)(C)C)c1[O-].CC(C)(C)c1cc(C(=O)Oc2c(C(C)(C)C)cc(C(=O)O)cc2C(C)(C)C)cc(C(C)(C)C)c1[O-].CC(C)(C)c1cc(C(=O)Oc2c(C(C)(C)C)cc(C(=O)O)cc2C(C)(C)C)cc(C(C)(C)C)c1[O-].[Ti+4]. The van der Waals surface area contributed by atoms with Gasteiger partial charge in [0.1, 0.15) is 23.0 Å². The van der Waals surface area contributed by atoms with Crippen LogP contribution in [-0.4, -0.2) is 68.2 Å². The average molecular weight is 1970 g/mol. The first-order chi connectivity index (χ1) is 62.2. The van der Waals surface area contributed by atoms with Crippen molar-refractivity contribution in [3.05, 3.63) is 231 Å². The van der Waals surface area contributed by atoms with E-state index in [4.69, 9.17) is 18.9 Å². The zero-order chi connectivity index (χ0) is 109. The summed E-state index contributed by atoms with van der Waals surface area (Å²) in [6, 6.07) is 25.8. The van der Waals surface area contributed by atoms with Crippen molar-refractivity contribution in [3.63, 3.8) is 0 Å². The van der Waals surface area contributed by atoms with Crippen LogP contribution in [0.1, 0.15) is 504 Å². The molecule has 0 radical (unpaired) electrons. The number of rotatable bonds is 12. The maximum absolute atomic E-state index is 13.6. The van der Waals surface area contributed by atoms with Crippen LogP contribution in [0, 0.1) is 0 Å². The summed E-state index contributed by atoms with van der Waals surface area (Å²) >= 11 is 0. The number of carboxylic acids is 4. The van der Waals surface area contributed by atoms with Gasteiger partial charge in [0.05, 0.1) is 44.5 Å². The van der Waals surface area contributed by atoms with Gasteiger partial charge >= 0.3 is 69.5 Å². The molecule has 0 aliphatic heterocycles. The molecule has 21 heteroatoms. The molecule has 4 N–H and O–H groups in total. The number of ether oxygens (including phenoxy) is 4. The van der Waals surface area contributed by atoms with Crippen LogP contribution in [0.3, 0.4) is 0 Å². The maximum atomic E-state index is 13.6. The van der Waals surface area contributed by atoms with E-state index in [0.29, 0.717) is 134 Å². The Labute approximate surface area is 857 Å². The van der Waals surface area contributed by atoms with E-state index in [-0.39, 0.29) is 67.0 Å². The predicted molar refractivity (Wildman–Crippen MR) is 556 cm³/mol. The average Bonchev–Trinajstić information content (AvgIpc) is 0.767. The van der Waals surface area contributed by atoms with Crippen LogP contribution in [0.2, 0.25) is 0 Å². The summed E-state index contributed by atoms with van der Waals surface area (Å²) in [5.74, 6) is -5.13. The van der Waals surface area contributed by atoms with Crippen molar-refractivity contribution in [3.8, 4) is 46.0 Å². The molecule has 0 atom stereocenters. The van der Waals surface area contributed by atoms with Crippen LogP contribution in [0.15, 0.2) is 97.1 Å². The van der Waals surface area contributed by atoms with E-state index in [1.807, 2.05) is 332 Å². The van der Waals surface area contributed by atoms with Crippen molar-refractivity contribution in [2.45, 2.75) is 419 Å². The Morgan fingerprint density at radius 2 is 0.241 bits per heavy atom. The first-order valence-corrected chi connectivity index (χ1v) is 48.2. The molecule has 8 rings (SSSR count). The summed E-state index contributed by atoms with van der Waals surface area (Å²) in [5, 5.41) is 91.9. The zero-order valence-corrected chi connectivity index (χ0v) is 95.6. The Bertz CT molecular complexity index is 5040. The molecular weight excluding hydrogens is 1810 g/mol. The van der Waals surface area contributed by atoms with Crippen molar-refractivity contribution < 1.29 is 120 Å². The predicted octanol–water partition coefficient (Wildman–Crippen LogP) is 27.5. The van der Waals surface area contributed by atoms with Crippen molar-refractivity contribution >= 4 is 47.8 Å². The molecule has 768 valence electrons. The van der Waals surface area contributed by atoms with Crippen LogP contribution in [-0.2, 0) is 108 Å². The van der Waals surface area contributed by atoms with E-state index < -0.39 is 134 Å². The van der Waals surface area contributed by atoms with Gasteiger partial charge in [-0.15, -0.1) is 23.0 Å². The van der Waals surface area contributed by atoms with Gasteiger partial charge in [-0.3, -0.25) is 0 Å². The second-order valence-corrected chi connectivity index (χ2v) is 54.0. The third-order valence-corrected chi connectivity index (χ3v) is 24.3. The molecule has 0 bridgehead atoms. The third-order valence-electron chi connectivity index (χ3n) is 24.3. The Hall–Kier alpha value is -10.6. The standard InChI is InChI=1S/4C30H42O5.Ti/c4*1-27(2,3)19-15-18(16-20(23(19)31)28(4,5)6)26(34)35-24-21(29(7,8)9)13-17(25(32)33)14-22(24)30(10,11)12;/h4*13-16,31H,1-12H3,(H,32,33);/q;;;;+4/p-4. The van der Waals surface area contributed by atoms with E-state index >= 15 is 0 Å². The van der Waals surface area contributed by atoms with Crippen LogP contribution in [0.25, 0.3) is 0 Å². The van der Waals surface area contributed by atoms with Gasteiger partial charge in [-0.05, 0) is 228 Å². The summed E-state index contributed by atoms with van der Waals surface area (Å²) in [4.78, 5) is 102. The van der Waals surface area contributed by atoms with Gasteiger partial charge in [-0.25, -0.2) is 38.4 Å². The van der Waals surface area contributed by atoms with Gasteiger partial charge < -0.3 is 59.8 Å². The van der Waals surface area contributed by atoms with Gasteiger partial charge in [0.2, 0.25) is 0 Å². The second kappa shape index (κ2) is 42.0. The van der Waals surface area contributed by atoms with Crippen molar-refractivity contribution in [1.82, 2.24) is 0 Å². The minimum absolute atomic E-state index is 0. The first-order valence-electron chi connectivity index (χ1n) is 48.2. The second-order valence-electron chi connectivity index (χ2n) is 54.0. The van der Waals surface area contributed by atoms with Crippen molar-refractivity contribution in [1.29, 1.82) is 0 Å². The Kier molecular flexibility index (Phi) is 36.6. The number of aromatic carboxylic acids is 4. The van der Waals surface area contributed by atoms with E-state index in [0.717, 1.165) is 0 Å². The van der Waals surface area contributed by atoms with Gasteiger partial charge in [-0.1, -0.05) is 332 Å². The van der Waals surface area contributed by atoms with E-state index in [1.165, 1.54) is 0 Å². The molecule has 0 aromatic heterocycles. The number of carbonyl (C=O) groups excluding carboxylic acids is 4. The summed E-state index contributed by atoms with van der Waals surface area (Å²) in [5.41, 5.74) is 3.99. The molecule has 0 spiro atoms. The third kappa shape index (κ3) is 30.8. The quantitative estimate of drug-likeness (QED) is 0.0501. The maximum Gasteiger partial charge on any atom is 4.00 e. The van der Waals surface area contributed by atoms with Gasteiger partial charge in [-0.2, -0.15) is 0 Å². The molecule has 0 aliphatic carbocycles. The fourth-order valence-electron chi connectivity index (χ4n) is 16.0. The molecular formula is C120H164O20Ti. The number of carbonyl (C=O) groups is 8. The van der Waals surface area contributed by atoms with Gasteiger partial charge in [0.25, 0.3) is 0 Å². The minimum atomic E-state index is -1.03. The summed E-state index contributed by atoms with van der Waals surface area (Å²) in [6.45, 7) is 93.8. The normalized spacial score (nSPS) is 12.9. The molecule has 8 aromatic rings. The van der Waals surface area contributed by atoms with E-state index in [9.17, 15) is 79.2 Å². The largest absolute Gasteiger partial charge is 4.00 e. The van der Waals surface area contributed by atoms with Crippen LogP contribution in [0.4, 0.5) is 0 Å². The Balaban J connectivity index is 0.000000391. The molecule has 0 heterocycles. The molecule has 0 amide bonds. The first kappa shape index (κ1) is 123. The molecule has 0 unspecified atom stereocenters. The molecule has 0 fully saturated rings. The fourth-order valence-corrected chi connectivity index (χ4v) is 16.0. The minimum Gasteiger partial charge on any atom is -0.872 e. The van der Waals surface area contributed by atoms with Crippen molar-refractivity contribution in [2.24, 2.45) is 0 Å². The number of hydrogen-bond donors (Lipinski definition) is 4.